The van der Waals surface area contributed by atoms with Crippen molar-refractivity contribution in [3.63, 3.8) is 0 Å². The van der Waals surface area contributed by atoms with E-state index in [1.54, 1.807) is 7.11 Å². The molecule has 1 heterocycles. The van der Waals surface area contributed by atoms with Crippen molar-refractivity contribution in [1.29, 1.82) is 0 Å². The highest BCUT2D eigenvalue weighted by Crippen LogP contribution is 2.19. The first kappa shape index (κ1) is 11.5. The normalized spacial score (nSPS) is 15.6. The van der Waals surface area contributed by atoms with Crippen molar-refractivity contribution in [2.24, 2.45) is 0 Å². The summed E-state index contributed by atoms with van der Waals surface area (Å²) in [6.45, 7) is 2.11. The predicted molar refractivity (Wildman–Crippen MR) is 55.7 cm³/mol. The lowest BCUT2D eigenvalue weighted by Crippen LogP contribution is -2.15. The summed E-state index contributed by atoms with van der Waals surface area (Å²) in [5.74, 6) is 1.14. The number of rotatable bonds is 8. The fourth-order valence-electron chi connectivity index (χ4n) is 1.24. The topological polar surface area (TPSA) is 69.4 Å². The Morgan fingerprint density at radius 2 is 2.12 bits per heavy atom. The van der Waals surface area contributed by atoms with E-state index < -0.39 is 0 Å². The quantitative estimate of drug-likeness (QED) is 0.652. The van der Waals surface area contributed by atoms with Gasteiger partial charge in [-0.05, 0) is 12.8 Å². The third-order valence-electron chi connectivity index (χ3n) is 2.29. The maximum Gasteiger partial charge on any atom is 0.242 e. The molecule has 0 amide bonds. The molecule has 2 rings (SSSR count). The van der Waals surface area contributed by atoms with E-state index in [-0.39, 0.29) is 0 Å². The van der Waals surface area contributed by atoms with Gasteiger partial charge in [-0.3, -0.25) is 0 Å². The highest BCUT2D eigenvalue weighted by Gasteiger charge is 2.21. The zero-order valence-corrected chi connectivity index (χ0v) is 9.44. The predicted octanol–water partition coefficient (Wildman–Crippen LogP) is 0.485. The number of nitrogens with zero attached hydrogens (tertiary/aromatic N) is 2. The van der Waals surface area contributed by atoms with Crippen LogP contribution in [0.5, 0.6) is 0 Å². The lowest BCUT2D eigenvalue weighted by atomic mass is 10.6. The molecule has 6 nitrogen and oxygen atoms in total. The number of methoxy groups -OCH3 is 1. The van der Waals surface area contributed by atoms with Crippen molar-refractivity contribution >= 4 is 0 Å². The van der Waals surface area contributed by atoms with Gasteiger partial charge < -0.3 is 19.2 Å². The number of hydrogen-bond donors (Lipinski definition) is 1. The van der Waals surface area contributed by atoms with Crippen molar-refractivity contribution in [3.8, 4) is 0 Å². The van der Waals surface area contributed by atoms with E-state index in [2.05, 4.69) is 15.5 Å². The summed E-state index contributed by atoms with van der Waals surface area (Å²) in [6.07, 6.45) is 2.50. The van der Waals surface area contributed by atoms with Crippen LogP contribution in [0.2, 0.25) is 0 Å². The molecule has 0 aliphatic heterocycles. The number of hydrogen-bond acceptors (Lipinski definition) is 6. The van der Waals surface area contributed by atoms with Gasteiger partial charge in [0.05, 0.1) is 19.8 Å². The van der Waals surface area contributed by atoms with Crippen LogP contribution in [0, 0.1) is 0 Å². The van der Waals surface area contributed by atoms with E-state index in [4.69, 9.17) is 13.9 Å². The fourth-order valence-corrected chi connectivity index (χ4v) is 1.24. The zero-order chi connectivity index (χ0) is 11.2. The molecule has 0 saturated heterocycles. The molecule has 1 aromatic heterocycles. The average molecular weight is 227 g/mol. The summed E-state index contributed by atoms with van der Waals surface area (Å²) in [6, 6.07) is 0.647. The van der Waals surface area contributed by atoms with Crippen molar-refractivity contribution < 1.29 is 13.9 Å². The molecule has 0 spiro atoms. The summed E-state index contributed by atoms with van der Waals surface area (Å²) < 4.78 is 15.5. The minimum Gasteiger partial charge on any atom is -0.421 e. The van der Waals surface area contributed by atoms with Crippen molar-refractivity contribution in [2.45, 2.75) is 32.0 Å². The Balaban J connectivity index is 1.64. The van der Waals surface area contributed by atoms with E-state index in [0.29, 0.717) is 44.2 Å². The lowest BCUT2D eigenvalue weighted by molar-refractivity contribution is 0.0512. The molecular formula is C10H17N3O3. The van der Waals surface area contributed by atoms with E-state index in [0.717, 1.165) is 0 Å². The summed E-state index contributed by atoms with van der Waals surface area (Å²) in [7, 11) is 1.64. The summed E-state index contributed by atoms with van der Waals surface area (Å²) in [5.41, 5.74) is 0. The Hall–Kier alpha value is -0.980. The molecular weight excluding hydrogens is 210 g/mol. The Kier molecular flexibility index (Phi) is 4.26. The van der Waals surface area contributed by atoms with Gasteiger partial charge >= 0.3 is 0 Å². The van der Waals surface area contributed by atoms with Gasteiger partial charge in [0, 0.05) is 13.2 Å². The van der Waals surface area contributed by atoms with Gasteiger partial charge in [-0.25, -0.2) is 0 Å². The standard InChI is InChI=1S/C10H17N3O3/c1-14-4-5-15-7-10-13-12-9(16-10)6-11-8-2-3-8/h8,11H,2-7H2,1H3. The molecule has 1 saturated carbocycles. The minimum absolute atomic E-state index is 0.347. The molecule has 0 bridgehead atoms. The molecule has 1 aliphatic carbocycles. The number of ether oxygens (including phenoxy) is 2. The highest BCUT2D eigenvalue weighted by molar-refractivity contribution is 4.85. The summed E-state index contributed by atoms with van der Waals surface area (Å²) in [4.78, 5) is 0. The van der Waals surface area contributed by atoms with Crippen LogP contribution in [0.3, 0.4) is 0 Å². The van der Waals surface area contributed by atoms with E-state index in [1.807, 2.05) is 0 Å². The van der Waals surface area contributed by atoms with Gasteiger partial charge in [0.25, 0.3) is 0 Å². The highest BCUT2D eigenvalue weighted by atomic mass is 16.5. The second-order valence-electron chi connectivity index (χ2n) is 3.79. The molecule has 1 aliphatic rings. The van der Waals surface area contributed by atoms with Gasteiger partial charge in [0.2, 0.25) is 11.8 Å². The second-order valence-corrected chi connectivity index (χ2v) is 3.79. The van der Waals surface area contributed by atoms with Gasteiger partial charge in [-0.2, -0.15) is 0 Å². The van der Waals surface area contributed by atoms with Gasteiger partial charge in [0.1, 0.15) is 6.61 Å². The second kappa shape index (κ2) is 5.93. The maximum atomic E-state index is 5.39. The first-order valence-corrected chi connectivity index (χ1v) is 5.50. The Labute approximate surface area is 94.3 Å². The van der Waals surface area contributed by atoms with Gasteiger partial charge in [-0.1, -0.05) is 0 Å². The van der Waals surface area contributed by atoms with E-state index in [9.17, 15) is 0 Å². The summed E-state index contributed by atoms with van der Waals surface area (Å²) in [5, 5.41) is 11.1. The van der Waals surface area contributed by atoms with Crippen LogP contribution >= 0.6 is 0 Å². The number of aromatic nitrogens is 2. The molecule has 90 valence electrons. The third-order valence-corrected chi connectivity index (χ3v) is 2.29. The molecule has 0 radical (unpaired) electrons. The van der Waals surface area contributed by atoms with Crippen LogP contribution in [0.4, 0.5) is 0 Å². The SMILES string of the molecule is COCCOCc1nnc(CNC2CC2)o1. The van der Waals surface area contributed by atoms with E-state index in [1.165, 1.54) is 12.8 Å². The van der Waals surface area contributed by atoms with Crippen molar-refractivity contribution in [2.75, 3.05) is 20.3 Å². The zero-order valence-electron chi connectivity index (χ0n) is 9.44. The smallest absolute Gasteiger partial charge is 0.242 e. The largest absolute Gasteiger partial charge is 0.421 e. The van der Waals surface area contributed by atoms with Crippen LogP contribution in [-0.2, 0) is 22.6 Å². The molecule has 1 aromatic rings. The molecule has 6 heteroatoms. The first-order chi connectivity index (χ1) is 7.88. The molecule has 1 fully saturated rings. The Morgan fingerprint density at radius 1 is 1.31 bits per heavy atom. The molecule has 0 atom stereocenters. The van der Waals surface area contributed by atoms with Crippen molar-refractivity contribution in [1.82, 2.24) is 15.5 Å². The van der Waals surface area contributed by atoms with Gasteiger partial charge in [-0.15, -0.1) is 10.2 Å². The molecule has 16 heavy (non-hydrogen) atoms. The average Bonchev–Trinajstić information content (AvgIpc) is 3.02. The van der Waals surface area contributed by atoms with E-state index >= 15 is 0 Å². The van der Waals surface area contributed by atoms with Crippen LogP contribution in [0.1, 0.15) is 24.6 Å². The Morgan fingerprint density at radius 3 is 2.88 bits per heavy atom. The van der Waals surface area contributed by atoms with Crippen LogP contribution < -0.4 is 5.32 Å². The maximum absolute atomic E-state index is 5.39. The molecule has 0 unspecified atom stereocenters. The first-order valence-electron chi connectivity index (χ1n) is 5.50. The minimum atomic E-state index is 0.347. The van der Waals surface area contributed by atoms with Crippen LogP contribution in [0.15, 0.2) is 4.42 Å². The third kappa shape index (κ3) is 3.88. The van der Waals surface area contributed by atoms with Gasteiger partial charge in [0.15, 0.2) is 0 Å². The summed E-state index contributed by atoms with van der Waals surface area (Å²) >= 11 is 0. The monoisotopic (exact) mass is 227 g/mol. The molecule has 0 aromatic carbocycles. The van der Waals surface area contributed by atoms with Crippen LogP contribution in [0.25, 0.3) is 0 Å². The van der Waals surface area contributed by atoms with Crippen LogP contribution in [-0.4, -0.2) is 36.6 Å². The lowest BCUT2D eigenvalue weighted by Gasteiger charge is -1.99. The fraction of sp³-hybridized carbons (Fsp3) is 0.800. The molecule has 1 N–H and O–H groups in total. The number of nitrogens with one attached hydrogen (secondary N) is 1. The van der Waals surface area contributed by atoms with Crippen molar-refractivity contribution in [3.05, 3.63) is 11.8 Å². The Bertz CT molecular complexity index is 312.